The molecular formula is C18H21N3O4. The van der Waals surface area contributed by atoms with Crippen LogP contribution in [0.15, 0.2) is 53.5 Å². The minimum atomic E-state index is -0.612. The Hall–Kier alpha value is -3.22. The smallest absolute Gasteiger partial charge is 0.413 e. The molecule has 0 unspecified atom stereocenters. The molecule has 2 aromatic carbocycles. The SMILES string of the molecule is CCOC(=O)NC(=Nc1ccccc1OC)Nc1ccccc1OC. The number of nitrogens with zero attached hydrogens (tertiary/aromatic N) is 1. The number of carbonyl (C=O) groups excluding carboxylic acids is 1. The van der Waals surface area contributed by atoms with Gasteiger partial charge in [-0.3, -0.25) is 5.32 Å². The summed E-state index contributed by atoms with van der Waals surface area (Å²) in [5.41, 5.74) is 1.20. The van der Waals surface area contributed by atoms with Crippen LogP contribution in [0.2, 0.25) is 0 Å². The number of hydrogen-bond donors (Lipinski definition) is 2. The van der Waals surface area contributed by atoms with Gasteiger partial charge in [0.1, 0.15) is 17.2 Å². The van der Waals surface area contributed by atoms with Crippen molar-refractivity contribution < 1.29 is 19.0 Å². The number of nitrogens with one attached hydrogen (secondary N) is 2. The molecule has 0 aliphatic heterocycles. The van der Waals surface area contributed by atoms with Crippen molar-refractivity contribution in [1.29, 1.82) is 0 Å². The van der Waals surface area contributed by atoms with Gasteiger partial charge in [0.15, 0.2) is 0 Å². The predicted molar refractivity (Wildman–Crippen MR) is 96.9 cm³/mol. The minimum Gasteiger partial charge on any atom is -0.495 e. The van der Waals surface area contributed by atoms with Crippen molar-refractivity contribution in [3.05, 3.63) is 48.5 Å². The molecule has 0 aromatic heterocycles. The highest BCUT2D eigenvalue weighted by Gasteiger charge is 2.11. The Morgan fingerprint density at radius 3 is 2.32 bits per heavy atom. The lowest BCUT2D eigenvalue weighted by Gasteiger charge is -2.14. The number of carbonyl (C=O) groups is 1. The third-order valence-corrected chi connectivity index (χ3v) is 3.17. The quantitative estimate of drug-likeness (QED) is 0.641. The summed E-state index contributed by atoms with van der Waals surface area (Å²) in [5, 5.41) is 5.63. The number of aliphatic imine (C=N–C) groups is 1. The molecule has 1 amide bonds. The summed E-state index contributed by atoms with van der Waals surface area (Å²) < 4.78 is 15.5. The number of rotatable bonds is 5. The molecule has 0 saturated heterocycles. The molecule has 0 atom stereocenters. The topological polar surface area (TPSA) is 81.2 Å². The van der Waals surface area contributed by atoms with Crippen LogP contribution in [0.5, 0.6) is 11.5 Å². The lowest BCUT2D eigenvalue weighted by molar-refractivity contribution is 0.158. The maximum atomic E-state index is 11.8. The summed E-state index contributed by atoms with van der Waals surface area (Å²) in [7, 11) is 3.12. The van der Waals surface area contributed by atoms with E-state index in [1.807, 2.05) is 30.3 Å². The highest BCUT2D eigenvalue weighted by Crippen LogP contribution is 2.27. The Morgan fingerprint density at radius 1 is 1.00 bits per heavy atom. The van der Waals surface area contributed by atoms with Gasteiger partial charge in [-0.1, -0.05) is 24.3 Å². The van der Waals surface area contributed by atoms with Crippen LogP contribution in [-0.2, 0) is 4.74 Å². The van der Waals surface area contributed by atoms with Crippen molar-refractivity contribution in [3.8, 4) is 11.5 Å². The van der Waals surface area contributed by atoms with Crippen molar-refractivity contribution in [2.45, 2.75) is 6.92 Å². The molecule has 2 aromatic rings. The van der Waals surface area contributed by atoms with Gasteiger partial charge >= 0.3 is 6.09 Å². The molecular weight excluding hydrogens is 322 g/mol. The summed E-state index contributed by atoms with van der Waals surface area (Å²) in [4.78, 5) is 16.3. The van der Waals surface area contributed by atoms with Crippen LogP contribution in [0.25, 0.3) is 0 Å². The monoisotopic (exact) mass is 343 g/mol. The number of anilines is 1. The van der Waals surface area contributed by atoms with Gasteiger partial charge < -0.3 is 19.5 Å². The molecule has 0 heterocycles. The van der Waals surface area contributed by atoms with Crippen LogP contribution in [0.3, 0.4) is 0 Å². The lowest BCUT2D eigenvalue weighted by atomic mass is 10.3. The molecule has 132 valence electrons. The van der Waals surface area contributed by atoms with Crippen LogP contribution >= 0.6 is 0 Å². The zero-order chi connectivity index (χ0) is 18.1. The molecule has 0 saturated carbocycles. The van der Waals surface area contributed by atoms with Crippen molar-refractivity contribution in [2.24, 2.45) is 4.99 Å². The minimum absolute atomic E-state index is 0.187. The first kappa shape index (κ1) is 18.1. The fourth-order valence-corrected chi connectivity index (χ4v) is 2.07. The number of benzene rings is 2. The van der Waals surface area contributed by atoms with Gasteiger partial charge in [0, 0.05) is 0 Å². The van der Waals surface area contributed by atoms with E-state index >= 15 is 0 Å². The Bertz CT molecular complexity index is 747. The lowest BCUT2D eigenvalue weighted by Crippen LogP contribution is -2.36. The number of hydrogen-bond acceptors (Lipinski definition) is 5. The number of guanidine groups is 1. The number of para-hydroxylation sites is 4. The molecule has 0 radical (unpaired) electrons. The fraction of sp³-hybridized carbons (Fsp3) is 0.222. The standard InChI is InChI=1S/C18H21N3O4/c1-4-25-18(22)21-17(19-13-9-5-7-11-15(13)23-2)20-14-10-6-8-12-16(14)24-3/h5-12H,4H2,1-3H3,(H2,19,20,21,22). The Kier molecular flexibility index (Phi) is 6.65. The molecule has 25 heavy (non-hydrogen) atoms. The summed E-state index contributed by atoms with van der Waals surface area (Å²) in [6, 6.07) is 14.5. The molecule has 0 aliphatic carbocycles. The van der Waals surface area contributed by atoms with E-state index in [-0.39, 0.29) is 12.6 Å². The summed E-state index contributed by atoms with van der Waals surface area (Å²) in [6.07, 6.45) is -0.612. The third-order valence-electron chi connectivity index (χ3n) is 3.17. The normalized spacial score (nSPS) is 10.8. The van der Waals surface area contributed by atoms with Gasteiger partial charge in [-0.15, -0.1) is 0 Å². The van der Waals surface area contributed by atoms with E-state index in [0.717, 1.165) is 0 Å². The van der Waals surface area contributed by atoms with E-state index in [1.54, 1.807) is 39.3 Å². The summed E-state index contributed by atoms with van der Waals surface area (Å²) in [5.74, 6) is 1.38. The second kappa shape index (κ2) is 9.17. The van der Waals surface area contributed by atoms with E-state index in [2.05, 4.69) is 15.6 Å². The van der Waals surface area contributed by atoms with Crippen LogP contribution in [0.1, 0.15) is 6.92 Å². The van der Waals surface area contributed by atoms with Gasteiger partial charge in [-0.2, -0.15) is 0 Å². The number of amides is 1. The van der Waals surface area contributed by atoms with E-state index in [1.165, 1.54) is 0 Å². The Balaban J connectivity index is 2.35. The predicted octanol–water partition coefficient (Wildman–Crippen LogP) is 3.55. The zero-order valence-corrected chi connectivity index (χ0v) is 14.4. The second-order valence-electron chi connectivity index (χ2n) is 4.80. The van der Waals surface area contributed by atoms with Crippen molar-refractivity contribution >= 4 is 23.4 Å². The molecule has 7 heteroatoms. The van der Waals surface area contributed by atoms with Gasteiger partial charge in [-0.25, -0.2) is 9.79 Å². The summed E-state index contributed by atoms with van der Waals surface area (Å²) >= 11 is 0. The largest absolute Gasteiger partial charge is 0.495 e. The van der Waals surface area contributed by atoms with Gasteiger partial charge in [0.25, 0.3) is 0 Å². The third kappa shape index (κ3) is 5.13. The van der Waals surface area contributed by atoms with Crippen molar-refractivity contribution in [1.82, 2.24) is 5.32 Å². The highest BCUT2D eigenvalue weighted by molar-refractivity contribution is 6.04. The van der Waals surface area contributed by atoms with Gasteiger partial charge in [0.05, 0.1) is 26.5 Å². The maximum Gasteiger partial charge on any atom is 0.413 e. The first-order valence-electron chi connectivity index (χ1n) is 7.73. The van der Waals surface area contributed by atoms with E-state index < -0.39 is 6.09 Å². The van der Waals surface area contributed by atoms with Crippen molar-refractivity contribution in [3.63, 3.8) is 0 Å². The van der Waals surface area contributed by atoms with E-state index in [0.29, 0.717) is 22.9 Å². The van der Waals surface area contributed by atoms with E-state index in [9.17, 15) is 4.79 Å². The maximum absolute atomic E-state index is 11.8. The van der Waals surface area contributed by atoms with Crippen molar-refractivity contribution in [2.75, 3.05) is 26.1 Å². The molecule has 2 rings (SSSR count). The van der Waals surface area contributed by atoms with E-state index in [4.69, 9.17) is 14.2 Å². The first-order chi connectivity index (χ1) is 12.2. The summed E-state index contributed by atoms with van der Waals surface area (Å²) in [6.45, 7) is 1.98. The Labute approximate surface area is 146 Å². The number of methoxy groups -OCH3 is 2. The molecule has 7 nitrogen and oxygen atoms in total. The average molecular weight is 343 g/mol. The zero-order valence-electron chi connectivity index (χ0n) is 14.4. The first-order valence-corrected chi connectivity index (χ1v) is 7.73. The van der Waals surface area contributed by atoms with Crippen LogP contribution in [0.4, 0.5) is 16.2 Å². The number of ether oxygens (including phenoxy) is 3. The number of alkyl carbamates (subject to hydrolysis) is 1. The Morgan fingerprint density at radius 2 is 1.64 bits per heavy atom. The molecule has 0 spiro atoms. The molecule has 2 N–H and O–H groups in total. The second-order valence-corrected chi connectivity index (χ2v) is 4.80. The molecule has 0 bridgehead atoms. The average Bonchev–Trinajstić information content (AvgIpc) is 2.62. The highest BCUT2D eigenvalue weighted by atomic mass is 16.5. The fourth-order valence-electron chi connectivity index (χ4n) is 2.07. The van der Waals surface area contributed by atoms with Crippen LogP contribution < -0.4 is 20.1 Å². The van der Waals surface area contributed by atoms with Crippen LogP contribution in [-0.4, -0.2) is 32.9 Å². The van der Waals surface area contributed by atoms with Gasteiger partial charge in [-0.05, 0) is 31.2 Å². The molecule has 0 aliphatic rings. The van der Waals surface area contributed by atoms with Crippen LogP contribution in [0, 0.1) is 0 Å². The van der Waals surface area contributed by atoms with Gasteiger partial charge in [0.2, 0.25) is 5.96 Å². The molecule has 0 fully saturated rings.